The van der Waals surface area contributed by atoms with Gasteiger partial charge in [0.2, 0.25) is 65.0 Å². The molecule has 12 amide bonds. The van der Waals surface area contributed by atoms with Gasteiger partial charge in [0.1, 0.15) is 66.2 Å². The smallest absolute Gasteiger partial charge is 0.305 e. The molecular formula is C67H88FN17O15S2. The Balaban J connectivity index is 1.48. The standard InChI is InChI=1S/C67H88FN17O15S2/c1-36(2)53-64(98)75-34-51(87)85-26-12-19-49(85)63(97)79-46(27-38-13-6-4-7-14-38)60(94)84-55(66(100)77-44(56(70)90)29-40-15-10-24-73-33-40)50(32-69)102-101-35-48(62(96)76-43(18-11-25-74-67(71)72)58(92)78-47(30-52(88)89)61(95)82-53)81-59(93)45(28-39-20-22-42(86)23-21-39)80-65(99)54(37(3)31-68)83-57(91)41-16-8-5-9-17-41/h4-10,13-17,20-24,33,36-37,43-50,53-55,86H,11-12,18-19,25-32,34-35,69H2,1-3H3,(H2,70,90)(H,75,98)(H,76,96)(H,77,100)(H,78,92)(H,79,97)(H,80,99)(H,81,93)(H,82,95)(H,83,91)(H,84,94)(H,88,89)(H4,71,72,74)/t37?,43-,44-,45-,46-,47-,48-,49-,50?,53-,54+,55-/m0/s1. The van der Waals surface area contributed by atoms with Crippen molar-refractivity contribution in [3.8, 4) is 5.75 Å². The van der Waals surface area contributed by atoms with Crippen LogP contribution in [-0.2, 0) is 76.8 Å². The number of carbonyl (C=O) groups is 13. The number of carboxylic acid groups (broad SMARTS) is 1. The number of hydrogen-bond acceptors (Lipinski definition) is 19. The predicted octanol–water partition coefficient (Wildman–Crippen LogP) is -2.19. The van der Waals surface area contributed by atoms with E-state index in [2.05, 4.69) is 63.5 Å². The molecule has 2 aliphatic heterocycles. The molecule has 12 atom stereocenters. The summed E-state index contributed by atoms with van der Waals surface area (Å²) in [5.74, 6) is -16.7. The molecule has 2 fully saturated rings. The molecule has 3 aromatic carbocycles. The number of nitrogens with zero attached hydrogens (tertiary/aromatic N) is 2. The zero-order chi connectivity index (χ0) is 74.6. The Morgan fingerprint density at radius 3 is 1.99 bits per heavy atom. The summed E-state index contributed by atoms with van der Waals surface area (Å²) in [6.07, 6.45) is 1.05. The predicted molar refractivity (Wildman–Crippen MR) is 374 cm³/mol. The summed E-state index contributed by atoms with van der Waals surface area (Å²) >= 11 is 0. The second-order valence-corrected chi connectivity index (χ2v) is 27.4. The van der Waals surface area contributed by atoms with Gasteiger partial charge >= 0.3 is 5.97 Å². The first-order valence-electron chi connectivity index (χ1n) is 32.9. The van der Waals surface area contributed by atoms with E-state index < -0.39 is 192 Å². The van der Waals surface area contributed by atoms with Crippen LogP contribution in [-0.4, -0.2) is 207 Å². The number of guanidine groups is 1. The SMILES string of the molecule is CC(C)[C@@H]1NC(=O)[C@H](CC(=O)O)NC(=O)[C@H](CCCNC(=N)N)NC(=O)[C@@H](NC(=O)[C@H](Cc2ccc(O)cc2)NC(=O)[C@H](NC(=O)c2ccccc2)C(C)CF)CSSC(CN)[C@@H](C(=O)N[C@@H](Cc2cccnc2)C(N)=O)NC(=O)[C@H](Cc2ccccc2)NC(=O)[C@@H]2CCCN2C(=O)CNC1=O. The minimum absolute atomic E-state index is 0.0344. The van der Waals surface area contributed by atoms with Gasteiger partial charge in [-0.25, -0.2) is 0 Å². The first kappa shape index (κ1) is 80.6. The summed E-state index contributed by atoms with van der Waals surface area (Å²) in [6, 6.07) is 8.42. The number of carbonyl (C=O) groups excluding carboxylic acids is 12. The summed E-state index contributed by atoms with van der Waals surface area (Å²) < 4.78 is 14.6. The molecule has 0 aliphatic carbocycles. The van der Waals surface area contributed by atoms with E-state index in [-0.39, 0.29) is 62.9 Å². The van der Waals surface area contributed by atoms with Crippen LogP contribution in [0.25, 0.3) is 0 Å². The lowest BCUT2D eigenvalue weighted by Gasteiger charge is -2.31. The molecule has 102 heavy (non-hydrogen) atoms. The number of phenols is 1. The largest absolute Gasteiger partial charge is 0.508 e. The number of rotatable bonds is 25. The number of benzene rings is 3. The van der Waals surface area contributed by atoms with Crippen LogP contribution in [0.15, 0.2) is 109 Å². The lowest BCUT2D eigenvalue weighted by atomic mass is 9.99. The Kier molecular flexibility index (Phi) is 31.7. The first-order valence-corrected chi connectivity index (χ1v) is 35.2. The zero-order valence-corrected chi connectivity index (χ0v) is 58.0. The lowest BCUT2D eigenvalue weighted by Crippen LogP contribution is -2.62. The van der Waals surface area contributed by atoms with Crippen molar-refractivity contribution in [3.05, 3.63) is 132 Å². The van der Waals surface area contributed by atoms with Gasteiger partial charge in [-0.15, -0.1) is 0 Å². The lowest BCUT2D eigenvalue weighted by molar-refractivity contribution is -0.142. The molecule has 3 heterocycles. The van der Waals surface area contributed by atoms with E-state index in [9.17, 15) is 62.5 Å². The van der Waals surface area contributed by atoms with Gasteiger partial charge in [-0.05, 0) is 78.6 Å². The maximum Gasteiger partial charge on any atom is 0.305 e. The minimum atomic E-state index is -1.96. The fourth-order valence-corrected chi connectivity index (χ4v) is 13.7. The van der Waals surface area contributed by atoms with Gasteiger partial charge in [-0.3, -0.25) is 77.1 Å². The Morgan fingerprint density at radius 2 is 1.36 bits per heavy atom. The van der Waals surface area contributed by atoms with Crippen LogP contribution in [0.4, 0.5) is 4.39 Å². The number of phenolic OH excluding ortho intramolecular Hbond substituents is 1. The molecule has 1 aromatic heterocycles. The molecule has 20 N–H and O–H groups in total. The van der Waals surface area contributed by atoms with Gasteiger partial charge in [0.25, 0.3) is 5.91 Å². The van der Waals surface area contributed by atoms with Crippen molar-refractivity contribution in [1.29, 1.82) is 5.41 Å². The molecule has 2 saturated heterocycles. The number of nitrogens with two attached hydrogens (primary N) is 3. The average molecular weight is 1450 g/mol. The van der Waals surface area contributed by atoms with Gasteiger partial charge in [-0.2, -0.15) is 0 Å². The third kappa shape index (κ3) is 25.0. The van der Waals surface area contributed by atoms with Crippen molar-refractivity contribution in [2.45, 2.75) is 138 Å². The van der Waals surface area contributed by atoms with E-state index in [0.29, 0.717) is 23.1 Å². The van der Waals surface area contributed by atoms with Crippen LogP contribution >= 0.6 is 21.6 Å². The first-order chi connectivity index (χ1) is 48.7. The summed E-state index contributed by atoms with van der Waals surface area (Å²) in [5, 5.41) is 54.9. The van der Waals surface area contributed by atoms with Crippen molar-refractivity contribution in [2.75, 3.05) is 38.6 Å². The van der Waals surface area contributed by atoms with E-state index in [1.165, 1.54) is 74.5 Å². The molecule has 4 aromatic rings. The van der Waals surface area contributed by atoms with Crippen LogP contribution in [0.3, 0.4) is 0 Å². The fourth-order valence-electron chi connectivity index (χ4n) is 11.0. The topological polar surface area (TPSA) is 513 Å². The van der Waals surface area contributed by atoms with Crippen LogP contribution in [0.1, 0.15) is 79.9 Å². The van der Waals surface area contributed by atoms with Crippen molar-refractivity contribution in [2.24, 2.45) is 29.0 Å². The third-order valence-corrected chi connectivity index (χ3v) is 19.5. The Bertz CT molecular complexity index is 3590. The van der Waals surface area contributed by atoms with Gasteiger partial charge in [0, 0.05) is 68.5 Å². The molecule has 550 valence electrons. The molecule has 0 spiro atoms. The second kappa shape index (κ2) is 40.1. The van der Waals surface area contributed by atoms with Crippen molar-refractivity contribution < 1.29 is 76.9 Å². The molecule has 35 heteroatoms. The van der Waals surface area contributed by atoms with Gasteiger partial charge in [-0.1, -0.05) is 109 Å². The quantitative estimate of drug-likeness (QED) is 0.0145. The molecule has 0 radical (unpaired) electrons. The van der Waals surface area contributed by atoms with Crippen molar-refractivity contribution >= 4 is 104 Å². The monoisotopic (exact) mass is 1450 g/mol. The number of nitrogens with one attached hydrogen (secondary N) is 12. The second-order valence-electron chi connectivity index (χ2n) is 24.8. The number of aromatic hydroxyl groups is 1. The highest BCUT2D eigenvalue weighted by molar-refractivity contribution is 8.77. The number of amides is 12. The normalized spacial score (nSPS) is 21.8. The third-order valence-electron chi connectivity index (χ3n) is 16.6. The molecule has 32 nitrogen and oxygen atoms in total. The summed E-state index contributed by atoms with van der Waals surface area (Å²) in [6.45, 7) is 2.01. The van der Waals surface area contributed by atoms with E-state index >= 15 is 14.4 Å². The van der Waals surface area contributed by atoms with Crippen molar-refractivity contribution in [3.63, 3.8) is 0 Å². The van der Waals surface area contributed by atoms with Crippen molar-refractivity contribution in [1.82, 2.24) is 68.4 Å². The van der Waals surface area contributed by atoms with E-state index in [1.54, 1.807) is 60.7 Å². The molecular weight excluding hydrogens is 1370 g/mol. The number of aromatic nitrogens is 1. The van der Waals surface area contributed by atoms with Gasteiger partial charge < -0.3 is 90.8 Å². The fraction of sp³-hybridized carbons (Fsp3) is 0.448. The molecule has 2 unspecified atom stereocenters. The highest BCUT2D eigenvalue weighted by atomic mass is 33.1. The Hall–Kier alpha value is -10.4. The van der Waals surface area contributed by atoms with Crippen LogP contribution in [0.2, 0.25) is 0 Å². The zero-order valence-electron chi connectivity index (χ0n) is 56.3. The van der Waals surface area contributed by atoms with Crippen LogP contribution < -0.4 is 75.7 Å². The maximum absolute atomic E-state index is 15.2. The number of halogens is 1. The molecule has 2 aliphatic rings. The van der Waals surface area contributed by atoms with E-state index in [0.717, 1.165) is 21.6 Å². The molecule has 6 rings (SSSR count). The number of pyridine rings is 1. The minimum Gasteiger partial charge on any atom is -0.508 e. The van der Waals surface area contributed by atoms with Crippen LogP contribution in [0, 0.1) is 17.2 Å². The molecule has 0 bridgehead atoms. The van der Waals surface area contributed by atoms with Gasteiger partial charge in [0.05, 0.1) is 24.9 Å². The number of fused-ring (bicyclic) bond motifs is 1. The summed E-state index contributed by atoms with van der Waals surface area (Å²) in [4.78, 5) is 191. The van der Waals surface area contributed by atoms with E-state index in [1.807, 2.05) is 0 Å². The average Bonchev–Trinajstić information content (AvgIpc) is 1.49. The summed E-state index contributed by atoms with van der Waals surface area (Å²) in [7, 11) is 1.56. The maximum atomic E-state index is 15.2. The Morgan fingerprint density at radius 1 is 0.725 bits per heavy atom. The number of primary amides is 1. The summed E-state index contributed by atoms with van der Waals surface area (Å²) in [5.41, 5.74) is 19.3. The van der Waals surface area contributed by atoms with E-state index in [4.69, 9.17) is 22.6 Å². The number of aliphatic carboxylic acids is 1. The molecule has 0 saturated carbocycles. The number of carboxylic acids is 1. The number of alkyl halides is 1. The number of hydrogen-bond donors (Lipinski definition) is 17. The highest BCUT2D eigenvalue weighted by Crippen LogP contribution is 2.30. The van der Waals surface area contributed by atoms with Gasteiger partial charge in [0.15, 0.2) is 5.96 Å². The Labute approximate surface area is 595 Å². The van der Waals surface area contributed by atoms with Crippen LogP contribution in [0.5, 0.6) is 5.75 Å². The highest BCUT2D eigenvalue weighted by Gasteiger charge is 2.41.